The van der Waals surface area contributed by atoms with Crippen molar-refractivity contribution in [3.8, 4) is 5.19 Å². The average Bonchev–Trinajstić information content (AvgIpc) is 3.09. The third kappa shape index (κ3) is 3.67. The molecule has 0 N–H and O–H groups in total. The summed E-state index contributed by atoms with van der Waals surface area (Å²) in [5, 5.41) is 0.790. The van der Waals surface area contributed by atoms with Gasteiger partial charge in [0, 0.05) is 22.0 Å². The number of aryl methyl sites for hydroxylation is 2. The van der Waals surface area contributed by atoms with Gasteiger partial charge in [-0.25, -0.2) is 4.98 Å². The Balaban J connectivity index is 1.63. The van der Waals surface area contributed by atoms with Crippen LogP contribution in [0.15, 0.2) is 30.3 Å². The van der Waals surface area contributed by atoms with Crippen LogP contribution >= 0.6 is 22.7 Å². The fraction of sp³-hybridized carbons (Fsp3) is 0.389. The molecule has 0 bridgehead atoms. The first-order valence-electron chi connectivity index (χ1n) is 7.98. The van der Waals surface area contributed by atoms with Crippen molar-refractivity contribution in [2.24, 2.45) is 0 Å². The molecule has 2 aromatic heterocycles. The quantitative estimate of drug-likeness (QED) is 0.583. The van der Waals surface area contributed by atoms with E-state index < -0.39 is 0 Å². The van der Waals surface area contributed by atoms with E-state index in [9.17, 15) is 0 Å². The van der Waals surface area contributed by atoms with Gasteiger partial charge in [0.15, 0.2) is 0 Å². The second-order valence-corrected chi connectivity index (χ2v) is 7.93. The van der Waals surface area contributed by atoms with Crippen LogP contribution < -0.4 is 9.64 Å². The van der Waals surface area contributed by atoms with Gasteiger partial charge in [0.2, 0.25) is 0 Å². The summed E-state index contributed by atoms with van der Waals surface area (Å²) in [5.74, 6) is 0. The zero-order valence-corrected chi connectivity index (χ0v) is 15.5. The van der Waals surface area contributed by atoms with E-state index in [1.54, 1.807) is 11.3 Å². The molecule has 0 unspecified atom stereocenters. The Bertz CT molecular complexity index is 730. The predicted molar refractivity (Wildman–Crippen MR) is 101 cm³/mol. The summed E-state index contributed by atoms with van der Waals surface area (Å²) in [6.07, 6.45) is 1.12. The summed E-state index contributed by atoms with van der Waals surface area (Å²) in [4.78, 5) is 9.62. The number of anilines is 1. The van der Waals surface area contributed by atoms with Crippen molar-refractivity contribution in [2.75, 3.05) is 24.6 Å². The van der Waals surface area contributed by atoms with Crippen molar-refractivity contribution in [1.82, 2.24) is 4.98 Å². The Kier molecular flexibility index (Phi) is 5.18. The minimum atomic E-state index is 0.659. The highest BCUT2D eigenvalue weighted by atomic mass is 32.1. The molecule has 2 heterocycles. The number of aromatic nitrogens is 1. The summed E-state index contributed by atoms with van der Waals surface area (Å²) in [7, 11) is 0. The lowest BCUT2D eigenvalue weighted by Crippen LogP contribution is -2.29. The van der Waals surface area contributed by atoms with Gasteiger partial charge in [-0.2, -0.15) is 0 Å². The van der Waals surface area contributed by atoms with E-state index in [0.29, 0.717) is 6.61 Å². The largest absolute Gasteiger partial charge is 0.468 e. The molecule has 3 rings (SSSR count). The Hall–Kier alpha value is -1.59. The number of thiazole rings is 1. The standard InChI is InChI=1S/C18H22N2OS2/c1-4-10-20(15-8-6-5-7-9-15)11-12-21-18-19-16-13(2)22-14(3)17(16)23-18/h5-9H,4,10-12H2,1-3H3. The molecule has 0 aliphatic rings. The Morgan fingerprint density at radius 2 is 1.83 bits per heavy atom. The molecular formula is C18H22N2OS2. The number of nitrogens with zero attached hydrogens (tertiary/aromatic N) is 2. The molecular weight excluding hydrogens is 324 g/mol. The summed E-state index contributed by atoms with van der Waals surface area (Å²) >= 11 is 3.48. The summed E-state index contributed by atoms with van der Waals surface area (Å²) in [5.41, 5.74) is 2.37. The van der Waals surface area contributed by atoms with Gasteiger partial charge < -0.3 is 9.64 Å². The maximum Gasteiger partial charge on any atom is 0.274 e. The third-order valence-electron chi connectivity index (χ3n) is 3.77. The van der Waals surface area contributed by atoms with Gasteiger partial charge in [-0.05, 0) is 32.4 Å². The SMILES string of the molecule is CCCN(CCOc1nc2c(C)sc(C)c2s1)c1ccccc1. The lowest BCUT2D eigenvalue weighted by Gasteiger charge is -2.23. The van der Waals surface area contributed by atoms with Crippen LogP contribution in [-0.2, 0) is 0 Å². The maximum absolute atomic E-state index is 5.93. The highest BCUT2D eigenvalue weighted by molar-refractivity contribution is 7.25. The summed E-state index contributed by atoms with van der Waals surface area (Å²) < 4.78 is 7.20. The van der Waals surface area contributed by atoms with E-state index in [0.717, 1.165) is 30.2 Å². The van der Waals surface area contributed by atoms with Crippen molar-refractivity contribution in [3.05, 3.63) is 40.1 Å². The first kappa shape index (κ1) is 16.3. The second kappa shape index (κ2) is 7.32. The molecule has 0 saturated heterocycles. The second-order valence-electron chi connectivity index (χ2n) is 5.54. The lowest BCUT2D eigenvalue weighted by molar-refractivity contribution is 0.322. The normalized spacial score (nSPS) is 11.1. The van der Waals surface area contributed by atoms with Crippen molar-refractivity contribution in [3.63, 3.8) is 0 Å². The van der Waals surface area contributed by atoms with E-state index in [1.807, 2.05) is 11.3 Å². The number of rotatable bonds is 7. The fourth-order valence-electron chi connectivity index (χ4n) is 2.69. The molecule has 0 aliphatic carbocycles. The molecule has 122 valence electrons. The van der Waals surface area contributed by atoms with Crippen LogP contribution in [0.3, 0.4) is 0 Å². The summed E-state index contributed by atoms with van der Waals surface area (Å²) in [6.45, 7) is 9.06. The minimum absolute atomic E-state index is 0.659. The van der Waals surface area contributed by atoms with Crippen molar-refractivity contribution >= 4 is 38.6 Å². The Morgan fingerprint density at radius 1 is 1.04 bits per heavy atom. The van der Waals surface area contributed by atoms with Gasteiger partial charge in [-0.1, -0.05) is 36.5 Å². The fourth-order valence-corrected chi connectivity index (χ4v) is 4.79. The Labute approximate surface area is 145 Å². The predicted octanol–water partition coefficient (Wildman–Crippen LogP) is 5.27. The highest BCUT2D eigenvalue weighted by Crippen LogP contribution is 2.37. The van der Waals surface area contributed by atoms with E-state index in [2.05, 4.69) is 61.0 Å². The van der Waals surface area contributed by atoms with Crippen LogP contribution in [0.1, 0.15) is 23.1 Å². The van der Waals surface area contributed by atoms with E-state index >= 15 is 0 Å². The van der Waals surface area contributed by atoms with Crippen LogP contribution in [-0.4, -0.2) is 24.7 Å². The monoisotopic (exact) mass is 346 g/mol. The molecule has 1 aromatic carbocycles. The first-order chi connectivity index (χ1) is 11.2. The van der Waals surface area contributed by atoms with Crippen LogP contribution in [0.2, 0.25) is 0 Å². The third-order valence-corrected chi connectivity index (χ3v) is 6.00. The number of hydrogen-bond donors (Lipinski definition) is 0. The number of hydrogen-bond acceptors (Lipinski definition) is 5. The van der Waals surface area contributed by atoms with E-state index in [4.69, 9.17) is 4.74 Å². The summed E-state index contributed by atoms with van der Waals surface area (Å²) in [6, 6.07) is 10.5. The van der Waals surface area contributed by atoms with E-state index in [-0.39, 0.29) is 0 Å². The average molecular weight is 347 g/mol. The van der Waals surface area contributed by atoms with Gasteiger partial charge in [0.05, 0.1) is 16.8 Å². The number of fused-ring (bicyclic) bond motifs is 1. The molecule has 5 heteroatoms. The molecule has 0 spiro atoms. The molecule has 3 nitrogen and oxygen atoms in total. The zero-order chi connectivity index (χ0) is 16.2. The number of ether oxygens (including phenoxy) is 1. The molecule has 0 amide bonds. The molecule has 0 radical (unpaired) electrons. The lowest BCUT2D eigenvalue weighted by atomic mass is 10.2. The maximum atomic E-state index is 5.93. The molecule has 0 atom stereocenters. The van der Waals surface area contributed by atoms with Crippen molar-refractivity contribution in [1.29, 1.82) is 0 Å². The first-order valence-corrected chi connectivity index (χ1v) is 9.61. The van der Waals surface area contributed by atoms with Gasteiger partial charge in [-0.15, -0.1) is 11.3 Å². The van der Waals surface area contributed by atoms with E-state index in [1.165, 1.54) is 20.1 Å². The van der Waals surface area contributed by atoms with Gasteiger partial charge >= 0.3 is 0 Å². The molecule has 0 saturated carbocycles. The molecule has 23 heavy (non-hydrogen) atoms. The topological polar surface area (TPSA) is 25.4 Å². The molecule has 0 aliphatic heterocycles. The molecule has 0 fully saturated rings. The zero-order valence-electron chi connectivity index (χ0n) is 13.8. The minimum Gasteiger partial charge on any atom is -0.468 e. The number of benzene rings is 1. The van der Waals surface area contributed by atoms with Crippen molar-refractivity contribution < 1.29 is 4.74 Å². The van der Waals surface area contributed by atoms with Crippen LogP contribution in [0.4, 0.5) is 5.69 Å². The number of thiophene rings is 1. The van der Waals surface area contributed by atoms with Gasteiger partial charge in [0.25, 0.3) is 5.19 Å². The van der Waals surface area contributed by atoms with Gasteiger partial charge in [-0.3, -0.25) is 0 Å². The highest BCUT2D eigenvalue weighted by Gasteiger charge is 2.13. The van der Waals surface area contributed by atoms with Gasteiger partial charge in [0.1, 0.15) is 6.61 Å². The van der Waals surface area contributed by atoms with Crippen LogP contribution in [0.5, 0.6) is 5.19 Å². The molecule has 3 aromatic rings. The van der Waals surface area contributed by atoms with Crippen molar-refractivity contribution in [2.45, 2.75) is 27.2 Å². The smallest absolute Gasteiger partial charge is 0.274 e. The van der Waals surface area contributed by atoms with Crippen LogP contribution in [0.25, 0.3) is 10.2 Å². The van der Waals surface area contributed by atoms with Crippen LogP contribution in [0, 0.1) is 13.8 Å². The number of para-hydroxylation sites is 1. The Morgan fingerprint density at radius 3 is 2.52 bits per heavy atom.